The Morgan fingerprint density at radius 1 is 1.35 bits per heavy atom. The normalized spacial score (nSPS) is 10.9. The van der Waals surface area contributed by atoms with Gasteiger partial charge >= 0.3 is 0 Å². The molecule has 4 nitrogen and oxygen atoms in total. The van der Waals surface area contributed by atoms with E-state index < -0.39 is 0 Å². The molecule has 0 aliphatic heterocycles. The molecule has 2 heterocycles. The number of aryl methyl sites for hydroxylation is 2. The van der Waals surface area contributed by atoms with Gasteiger partial charge in [0.25, 0.3) is 0 Å². The van der Waals surface area contributed by atoms with Gasteiger partial charge in [0.1, 0.15) is 0 Å². The predicted octanol–water partition coefficient (Wildman–Crippen LogP) is 1.88. The van der Waals surface area contributed by atoms with Crippen LogP contribution in [0.1, 0.15) is 28.8 Å². The minimum Gasteiger partial charge on any atom is -0.396 e. The number of aliphatic hydroxyl groups is 1. The zero-order valence-electron chi connectivity index (χ0n) is 9.96. The molecular weight excluding hydrogens is 234 g/mol. The van der Waals surface area contributed by atoms with E-state index in [1.54, 1.807) is 0 Å². The molecule has 0 saturated heterocycles. The Bertz CT molecular complexity index is 464. The Morgan fingerprint density at radius 3 is 2.88 bits per heavy atom. The first-order chi connectivity index (χ1) is 8.31. The monoisotopic (exact) mass is 251 g/mol. The van der Waals surface area contributed by atoms with Crippen LogP contribution in [0.25, 0.3) is 0 Å². The minimum atomic E-state index is 0.206. The van der Waals surface area contributed by atoms with Crippen molar-refractivity contribution in [3.05, 3.63) is 33.8 Å². The summed E-state index contributed by atoms with van der Waals surface area (Å²) in [5.41, 5.74) is 0.950. The van der Waals surface area contributed by atoms with Crippen LogP contribution < -0.4 is 0 Å². The Balaban J connectivity index is 1.96. The molecule has 0 spiro atoms. The lowest BCUT2D eigenvalue weighted by molar-refractivity contribution is 0.288. The summed E-state index contributed by atoms with van der Waals surface area (Å²) in [4.78, 5) is 2.71. The van der Waals surface area contributed by atoms with E-state index in [2.05, 4.69) is 29.4 Å². The second-order valence-corrected chi connectivity index (χ2v) is 5.21. The highest BCUT2D eigenvalue weighted by Gasteiger charge is 2.03. The van der Waals surface area contributed by atoms with Crippen LogP contribution in [-0.4, -0.2) is 26.7 Å². The largest absolute Gasteiger partial charge is 0.396 e. The van der Waals surface area contributed by atoms with Crippen molar-refractivity contribution in [1.29, 1.82) is 0 Å². The van der Waals surface area contributed by atoms with Gasteiger partial charge < -0.3 is 5.11 Å². The van der Waals surface area contributed by atoms with E-state index in [1.165, 1.54) is 9.75 Å². The summed E-state index contributed by atoms with van der Waals surface area (Å²) >= 11 is 1.83. The summed E-state index contributed by atoms with van der Waals surface area (Å²) in [7, 11) is 0. The first kappa shape index (κ1) is 12.3. The lowest BCUT2D eigenvalue weighted by atomic mass is 10.3. The maximum absolute atomic E-state index is 8.75. The highest BCUT2D eigenvalue weighted by molar-refractivity contribution is 7.11. The SMILES string of the molecule is CCc1ccc(Cn2cc(CCCO)nn2)s1. The number of rotatable bonds is 6. The summed E-state index contributed by atoms with van der Waals surface area (Å²) in [5, 5.41) is 16.9. The van der Waals surface area contributed by atoms with Crippen molar-refractivity contribution in [3.63, 3.8) is 0 Å². The van der Waals surface area contributed by atoms with Gasteiger partial charge in [-0.25, -0.2) is 4.68 Å². The van der Waals surface area contributed by atoms with Crippen molar-refractivity contribution in [3.8, 4) is 0 Å². The predicted molar refractivity (Wildman–Crippen MR) is 68.2 cm³/mol. The molecule has 17 heavy (non-hydrogen) atoms. The fraction of sp³-hybridized carbons (Fsp3) is 0.500. The third kappa shape index (κ3) is 3.38. The molecule has 2 aromatic heterocycles. The quantitative estimate of drug-likeness (QED) is 0.852. The van der Waals surface area contributed by atoms with E-state index in [9.17, 15) is 0 Å². The molecule has 0 fully saturated rings. The van der Waals surface area contributed by atoms with Gasteiger partial charge in [0.15, 0.2) is 0 Å². The molecule has 0 aliphatic carbocycles. The van der Waals surface area contributed by atoms with Gasteiger partial charge in [0, 0.05) is 22.6 Å². The minimum absolute atomic E-state index is 0.206. The van der Waals surface area contributed by atoms with E-state index in [-0.39, 0.29) is 6.61 Å². The summed E-state index contributed by atoms with van der Waals surface area (Å²) < 4.78 is 1.86. The van der Waals surface area contributed by atoms with Crippen LogP contribution in [0.2, 0.25) is 0 Å². The average molecular weight is 251 g/mol. The van der Waals surface area contributed by atoms with Crippen molar-refractivity contribution >= 4 is 11.3 Å². The number of aromatic nitrogens is 3. The van der Waals surface area contributed by atoms with E-state index in [0.717, 1.165) is 31.5 Å². The number of thiophene rings is 1. The summed E-state index contributed by atoms with van der Waals surface area (Å²) in [6, 6.07) is 4.32. The van der Waals surface area contributed by atoms with Crippen molar-refractivity contribution in [2.24, 2.45) is 0 Å². The zero-order chi connectivity index (χ0) is 12.1. The molecule has 0 saturated carbocycles. The molecular formula is C12H17N3OS. The molecule has 0 unspecified atom stereocenters. The van der Waals surface area contributed by atoms with E-state index >= 15 is 0 Å². The van der Waals surface area contributed by atoms with Crippen molar-refractivity contribution in [1.82, 2.24) is 15.0 Å². The number of aliphatic hydroxyl groups excluding tert-OH is 1. The van der Waals surface area contributed by atoms with Gasteiger partial charge in [0.2, 0.25) is 0 Å². The molecule has 0 aliphatic rings. The standard InChI is InChI=1S/C12H17N3OS/c1-2-11-5-6-12(17-11)9-15-8-10(13-14-15)4-3-7-16/h5-6,8,16H,2-4,7,9H2,1H3. The average Bonchev–Trinajstić information content (AvgIpc) is 2.96. The van der Waals surface area contributed by atoms with Gasteiger partial charge in [-0.05, 0) is 31.4 Å². The van der Waals surface area contributed by atoms with E-state index in [4.69, 9.17) is 5.11 Å². The second kappa shape index (κ2) is 5.93. The Hall–Kier alpha value is -1.20. The maximum atomic E-state index is 8.75. The molecule has 2 rings (SSSR count). The lowest BCUT2D eigenvalue weighted by Crippen LogP contribution is -1.98. The molecule has 0 bridgehead atoms. The Morgan fingerprint density at radius 2 is 2.18 bits per heavy atom. The van der Waals surface area contributed by atoms with Crippen LogP contribution >= 0.6 is 11.3 Å². The third-order valence-corrected chi connectivity index (χ3v) is 3.78. The highest BCUT2D eigenvalue weighted by Crippen LogP contribution is 2.17. The third-order valence-electron chi connectivity index (χ3n) is 2.56. The van der Waals surface area contributed by atoms with Crippen LogP contribution in [0.5, 0.6) is 0 Å². The van der Waals surface area contributed by atoms with Gasteiger partial charge in [-0.2, -0.15) is 0 Å². The van der Waals surface area contributed by atoms with Crippen LogP contribution in [-0.2, 0) is 19.4 Å². The van der Waals surface area contributed by atoms with Gasteiger partial charge in [0.05, 0.1) is 12.2 Å². The van der Waals surface area contributed by atoms with Crippen molar-refractivity contribution < 1.29 is 5.11 Å². The molecule has 0 aromatic carbocycles. The van der Waals surface area contributed by atoms with Gasteiger partial charge in [-0.3, -0.25) is 0 Å². The summed E-state index contributed by atoms with van der Waals surface area (Å²) in [6.45, 7) is 3.16. The zero-order valence-corrected chi connectivity index (χ0v) is 10.8. The summed E-state index contributed by atoms with van der Waals surface area (Å²) in [6.07, 6.45) is 4.59. The molecule has 0 atom stereocenters. The molecule has 92 valence electrons. The maximum Gasteiger partial charge on any atom is 0.0828 e. The smallest absolute Gasteiger partial charge is 0.0828 e. The van der Waals surface area contributed by atoms with Gasteiger partial charge in [-0.1, -0.05) is 12.1 Å². The van der Waals surface area contributed by atoms with Crippen molar-refractivity contribution in [2.45, 2.75) is 32.7 Å². The van der Waals surface area contributed by atoms with Crippen LogP contribution in [0.15, 0.2) is 18.3 Å². The highest BCUT2D eigenvalue weighted by atomic mass is 32.1. The molecule has 5 heteroatoms. The van der Waals surface area contributed by atoms with E-state index in [0.29, 0.717) is 0 Å². The number of hydrogen-bond donors (Lipinski definition) is 1. The number of nitrogens with zero attached hydrogens (tertiary/aromatic N) is 3. The summed E-state index contributed by atoms with van der Waals surface area (Å²) in [5.74, 6) is 0. The molecule has 0 radical (unpaired) electrons. The van der Waals surface area contributed by atoms with Crippen LogP contribution in [0.4, 0.5) is 0 Å². The van der Waals surface area contributed by atoms with Crippen LogP contribution in [0.3, 0.4) is 0 Å². The Labute approximate surface area is 105 Å². The fourth-order valence-corrected chi connectivity index (χ4v) is 2.60. The van der Waals surface area contributed by atoms with Crippen molar-refractivity contribution in [2.75, 3.05) is 6.61 Å². The lowest BCUT2D eigenvalue weighted by Gasteiger charge is -1.95. The number of hydrogen-bond acceptors (Lipinski definition) is 4. The molecule has 0 amide bonds. The Kier molecular flexibility index (Phi) is 4.28. The fourth-order valence-electron chi connectivity index (χ4n) is 1.65. The topological polar surface area (TPSA) is 50.9 Å². The molecule has 2 aromatic rings. The first-order valence-corrected chi connectivity index (χ1v) is 6.71. The van der Waals surface area contributed by atoms with Crippen LogP contribution in [0, 0.1) is 0 Å². The van der Waals surface area contributed by atoms with E-state index in [1.807, 2.05) is 22.2 Å². The molecule has 1 N–H and O–H groups in total. The first-order valence-electron chi connectivity index (χ1n) is 5.89. The van der Waals surface area contributed by atoms with Gasteiger partial charge in [-0.15, -0.1) is 16.4 Å². The second-order valence-electron chi connectivity index (χ2n) is 3.96.